The van der Waals surface area contributed by atoms with Crippen molar-refractivity contribution in [3.8, 4) is 5.75 Å². The van der Waals surface area contributed by atoms with Crippen molar-refractivity contribution in [2.75, 3.05) is 38.2 Å². The van der Waals surface area contributed by atoms with Gasteiger partial charge in [-0.1, -0.05) is 30.3 Å². The molecule has 2 aromatic carbocycles. The smallest absolute Gasteiger partial charge is 0.245 e. The zero-order valence-corrected chi connectivity index (χ0v) is 18.3. The van der Waals surface area contributed by atoms with E-state index in [0.29, 0.717) is 32.5 Å². The van der Waals surface area contributed by atoms with E-state index >= 15 is 0 Å². The number of carbonyl (C=O) groups excluding carboxylic acids is 2. The summed E-state index contributed by atoms with van der Waals surface area (Å²) in [5.41, 5.74) is 3.15. The lowest BCUT2D eigenvalue weighted by molar-refractivity contribution is -0.142. The van der Waals surface area contributed by atoms with Gasteiger partial charge in [-0.25, -0.2) is 0 Å². The fourth-order valence-electron chi connectivity index (χ4n) is 4.90. The Labute approximate surface area is 187 Å². The van der Waals surface area contributed by atoms with E-state index in [9.17, 15) is 9.59 Å². The van der Waals surface area contributed by atoms with Crippen LogP contribution in [0.4, 0.5) is 5.69 Å². The average Bonchev–Trinajstić information content (AvgIpc) is 3.42. The number of hydrogen-bond donors (Lipinski definition) is 1. The van der Waals surface area contributed by atoms with Crippen molar-refractivity contribution in [1.29, 1.82) is 0 Å². The van der Waals surface area contributed by atoms with Crippen molar-refractivity contribution >= 4 is 28.4 Å². The minimum Gasteiger partial charge on any atom is -0.495 e. The third kappa shape index (κ3) is 3.68. The van der Waals surface area contributed by atoms with Gasteiger partial charge in [0.2, 0.25) is 11.8 Å². The molecule has 1 unspecified atom stereocenters. The number of para-hydroxylation sites is 3. The Balaban J connectivity index is 1.27. The fraction of sp³-hybridized carbons (Fsp3) is 0.360. The Hall–Kier alpha value is -3.48. The Morgan fingerprint density at radius 1 is 1.06 bits per heavy atom. The Morgan fingerprint density at radius 3 is 2.62 bits per heavy atom. The number of methoxy groups -OCH3 is 1. The molecule has 0 aliphatic carbocycles. The molecule has 7 nitrogen and oxygen atoms in total. The minimum absolute atomic E-state index is 0.0567. The summed E-state index contributed by atoms with van der Waals surface area (Å²) >= 11 is 0. The molecule has 2 saturated heterocycles. The molecule has 0 radical (unpaired) electrons. The monoisotopic (exact) mass is 432 g/mol. The molecule has 2 fully saturated rings. The van der Waals surface area contributed by atoms with Gasteiger partial charge < -0.3 is 24.4 Å². The maximum Gasteiger partial charge on any atom is 0.245 e. The van der Waals surface area contributed by atoms with Crippen molar-refractivity contribution < 1.29 is 14.3 Å². The number of aromatic amines is 1. The number of H-pyrrole nitrogens is 1. The lowest BCUT2D eigenvalue weighted by Gasteiger charge is -2.38. The number of piperazine rings is 1. The first-order valence-electron chi connectivity index (χ1n) is 11.2. The van der Waals surface area contributed by atoms with Crippen molar-refractivity contribution in [2.45, 2.75) is 25.4 Å². The second-order valence-electron chi connectivity index (χ2n) is 8.42. The maximum absolute atomic E-state index is 13.4. The van der Waals surface area contributed by atoms with Crippen LogP contribution in [0, 0.1) is 0 Å². The summed E-state index contributed by atoms with van der Waals surface area (Å²) in [6.07, 6.45) is 2.97. The van der Waals surface area contributed by atoms with E-state index in [4.69, 9.17) is 4.74 Å². The molecule has 3 aromatic rings. The summed E-state index contributed by atoms with van der Waals surface area (Å²) in [5.74, 6) is 0.968. The number of ether oxygens (including phenoxy) is 1. The van der Waals surface area contributed by atoms with Crippen molar-refractivity contribution in [3.63, 3.8) is 0 Å². The van der Waals surface area contributed by atoms with Crippen LogP contribution in [0.1, 0.15) is 18.4 Å². The maximum atomic E-state index is 13.4. The number of nitrogens with one attached hydrogen (secondary N) is 1. The number of benzene rings is 2. The van der Waals surface area contributed by atoms with Gasteiger partial charge in [0.05, 0.1) is 12.8 Å². The van der Waals surface area contributed by atoms with Crippen LogP contribution in [-0.2, 0) is 16.1 Å². The summed E-state index contributed by atoms with van der Waals surface area (Å²) in [5, 5.41) is 1.10. The summed E-state index contributed by atoms with van der Waals surface area (Å²) < 4.78 is 5.49. The minimum atomic E-state index is -0.381. The molecule has 1 atom stereocenters. The normalized spacial score (nSPS) is 19.1. The SMILES string of the molecule is COc1ccccc1N1CCN(C(=O)C2CCC(=O)N2Cc2c[nH]c3ccccc23)CC1. The van der Waals surface area contributed by atoms with E-state index in [1.807, 2.05) is 47.5 Å². The molecule has 0 saturated carbocycles. The number of carbonyl (C=O) groups is 2. The van der Waals surface area contributed by atoms with E-state index in [2.05, 4.69) is 22.0 Å². The van der Waals surface area contributed by atoms with Gasteiger partial charge in [-0.2, -0.15) is 0 Å². The van der Waals surface area contributed by atoms with Crippen LogP contribution >= 0.6 is 0 Å². The van der Waals surface area contributed by atoms with Crippen LogP contribution in [0.25, 0.3) is 10.9 Å². The van der Waals surface area contributed by atoms with Gasteiger partial charge in [-0.15, -0.1) is 0 Å². The Bertz CT molecular complexity index is 1130. The highest BCUT2D eigenvalue weighted by molar-refractivity contribution is 5.91. The molecular formula is C25H28N4O3. The van der Waals surface area contributed by atoms with Gasteiger partial charge in [0.15, 0.2) is 0 Å². The Kier molecular flexibility index (Phi) is 5.47. The molecule has 32 heavy (non-hydrogen) atoms. The van der Waals surface area contributed by atoms with Gasteiger partial charge in [0.25, 0.3) is 0 Å². The largest absolute Gasteiger partial charge is 0.495 e. The quantitative estimate of drug-likeness (QED) is 0.673. The molecule has 0 bridgehead atoms. The topological polar surface area (TPSA) is 68.9 Å². The number of amides is 2. The fourth-order valence-corrected chi connectivity index (χ4v) is 4.90. The second-order valence-corrected chi connectivity index (χ2v) is 8.42. The van der Waals surface area contributed by atoms with Crippen molar-refractivity contribution in [1.82, 2.24) is 14.8 Å². The first kappa shape index (κ1) is 20.4. The van der Waals surface area contributed by atoms with Crippen LogP contribution in [0.3, 0.4) is 0 Å². The third-order valence-electron chi connectivity index (χ3n) is 6.65. The average molecular weight is 433 g/mol. The molecule has 1 aromatic heterocycles. The first-order valence-corrected chi connectivity index (χ1v) is 11.2. The lowest BCUT2D eigenvalue weighted by atomic mass is 10.1. The number of likely N-dealkylation sites (tertiary alicyclic amines) is 1. The first-order chi connectivity index (χ1) is 15.7. The van der Waals surface area contributed by atoms with Crippen LogP contribution in [0.15, 0.2) is 54.7 Å². The van der Waals surface area contributed by atoms with Gasteiger partial charge in [-0.05, 0) is 30.2 Å². The summed E-state index contributed by atoms with van der Waals surface area (Å²) in [6, 6.07) is 15.6. The third-order valence-corrected chi connectivity index (χ3v) is 6.65. The van der Waals surface area contributed by atoms with E-state index < -0.39 is 0 Å². The van der Waals surface area contributed by atoms with Crippen LogP contribution < -0.4 is 9.64 Å². The molecule has 7 heteroatoms. The van der Waals surface area contributed by atoms with Gasteiger partial charge in [-0.3, -0.25) is 9.59 Å². The number of hydrogen-bond acceptors (Lipinski definition) is 4. The highest BCUT2D eigenvalue weighted by Crippen LogP contribution is 2.30. The van der Waals surface area contributed by atoms with E-state index in [1.165, 1.54) is 0 Å². The molecular weight excluding hydrogens is 404 g/mol. The van der Waals surface area contributed by atoms with Crippen LogP contribution in [0.5, 0.6) is 5.75 Å². The molecule has 2 aliphatic heterocycles. The molecule has 2 amide bonds. The molecule has 0 spiro atoms. The number of fused-ring (bicyclic) bond motifs is 1. The van der Waals surface area contributed by atoms with Crippen LogP contribution in [-0.4, -0.2) is 65.9 Å². The van der Waals surface area contributed by atoms with Crippen LogP contribution in [0.2, 0.25) is 0 Å². The predicted molar refractivity (Wildman–Crippen MR) is 124 cm³/mol. The van der Waals surface area contributed by atoms with E-state index in [-0.39, 0.29) is 17.9 Å². The highest BCUT2D eigenvalue weighted by atomic mass is 16.5. The molecule has 2 aliphatic rings. The lowest BCUT2D eigenvalue weighted by Crippen LogP contribution is -2.54. The van der Waals surface area contributed by atoms with Crippen molar-refractivity contribution in [2.24, 2.45) is 0 Å². The number of rotatable bonds is 5. The molecule has 1 N–H and O–H groups in total. The predicted octanol–water partition coefficient (Wildman–Crippen LogP) is 3.02. The van der Waals surface area contributed by atoms with Gasteiger partial charge >= 0.3 is 0 Å². The molecule has 5 rings (SSSR count). The zero-order chi connectivity index (χ0) is 22.1. The molecule has 166 valence electrons. The second kappa shape index (κ2) is 8.57. The number of nitrogens with zero attached hydrogens (tertiary/aromatic N) is 3. The Morgan fingerprint density at radius 2 is 1.81 bits per heavy atom. The van der Waals surface area contributed by atoms with E-state index in [0.717, 1.165) is 41.0 Å². The zero-order valence-electron chi connectivity index (χ0n) is 18.3. The van der Waals surface area contributed by atoms with Gasteiger partial charge in [0.1, 0.15) is 11.8 Å². The summed E-state index contributed by atoms with van der Waals surface area (Å²) in [7, 11) is 1.68. The van der Waals surface area contributed by atoms with E-state index in [1.54, 1.807) is 12.0 Å². The summed E-state index contributed by atoms with van der Waals surface area (Å²) in [6.45, 7) is 3.23. The number of aromatic nitrogens is 1. The highest BCUT2D eigenvalue weighted by Gasteiger charge is 2.39. The standard InChI is InChI=1S/C25H28N4O3/c1-32-23-9-5-4-8-21(23)27-12-14-28(15-13-27)25(31)22-10-11-24(30)29(22)17-18-16-26-20-7-3-2-6-19(18)20/h2-9,16,22,26H,10-15,17H2,1H3. The summed E-state index contributed by atoms with van der Waals surface area (Å²) in [4.78, 5) is 35.3. The molecule has 3 heterocycles. The van der Waals surface area contributed by atoms with Crippen molar-refractivity contribution in [3.05, 3.63) is 60.3 Å². The number of anilines is 1. The van der Waals surface area contributed by atoms with Gasteiger partial charge in [0, 0.05) is 56.2 Å².